The average molecular weight is 363 g/mol. The molecule has 0 unspecified atom stereocenters. The quantitative estimate of drug-likeness (QED) is 0.411. The molecule has 0 bridgehead atoms. The molecule has 0 spiro atoms. The zero-order valence-corrected chi connectivity index (χ0v) is 15.5. The minimum atomic E-state index is -0.721. The lowest BCUT2D eigenvalue weighted by Crippen LogP contribution is -2.26. The highest BCUT2D eigenvalue weighted by atomic mass is 16.5. The standard InChI is InChI=1S/C20H29NO5/c1-26-20(25)17-13-10-9-12-16(17)19(24)21-15-11-7-5-3-2-4-6-8-14-18(22)23/h9-10,12-13H,2-8,11,14-15H2,1H3,(H,21,24)(H,22,23). The molecule has 1 aromatic carbocycles. The number of ether oxygens (including phenoxy) is 1. The first kappa shape index (κ1) is 21.7. The lowest BCUT2D eigenvalue weighted by molar-refractivity contribution is -0.137. The van der Waals surface area contributed by atoms with Crippen LogP contribution in [0.5, 0.6) is 0 Å². The first-order chi connectivity index (χ1) is 12.6. The van der Waals surface area contributed by atoms with E-state index in [0.29, 0.717) is 12.1 Å². The zero-order valence-electron chi connectivity index (χ0n) is 15.5. The number of methoxy groups -OCH3 is 1. The van der Waals surface area contributed by atoms with Crippen molar-refractivity contribution in [1.29, 1.82) is 0 Å². The number of hydrogen-bond acceptors (Lipinski definition) is 4. The van der Waals surface area contributed by atoms with E-state index in [1.807, 2.05) is 0 Å². The summed E-state index contributed by atoms with van der Waals surface area (Å²) in [6, 6.07) is 6.62. The number of aliphatic carboxylic acids is 1. The van der Waals surface area contributed by atoms with Crippen molar-refractivity contribution in [2.75, 3.05) is 13.7 Å². The van der Waals surface area contributed by atoms with Crippen LogP contribution in [0.15, 0.2) is 24.3 Å². The Balaban J connectivity index is 2.12. The number of hydrogen-bond donors (Lipinski definition) is 2. The van der Waals surface area contributed by atoms with Gasteiger partial charge in [-0.05, 0) is 25.0 Å². The monoisotopic (exact) mass is 363 g/mol. The highest BCUT2D eigenvalue weighted by Crippen LogP contribution is 2.11. The fraction of sp³-hybridized carbons (Fsp3) is 0.550. The number of carbonyl (C=O) groups is 3. The highest BCUT2D eigenvalue weighted by Gasteiger charge is 2.16. The second-order valence-corrected chi connectivity index (χ2v) is 6.27. The maximum Gasteiger partial charge on any atom is 0.338 e. The van der Waals surface area contributed by atoms with Crippen LogP contribution < -0.4 is 5.32 Å². The predicted octanol–water partition coefficient (Wildman–Crippen LogP) is 3.80. The molecule has 1 amide bonds. The molecule has 0 atom stereocenters. The number of esters is 1. The van der Waals surface area contributed by atoms with Gasteiger partial charge in [0.05, 0.1) is 18.2 Å². The molecular weight excluding hydrogens is 334 g/mol. The summed E-state index contributed by atoms with van der Waals surface area (Å²) >= 11 is 0. The van der Waals surface area contributed by atoms with Gasteiger partial charge < -0.3 is 15.2 Å². The van der Waals surface area contributed by atoms with Gasteiger partial charge in [-0.15, -0.1) is 0 Å². The molecule has 2 N–H and O–H groups in total. The molecule has 1 aromatic rings. The summed E-state index contributed by atoms with van der Waals surface area (Å²) < 4.78 is 4.70. The first-order valence-corrected chi connectivity index (χ1v) is 9.23. The minimum Gasteiger partial charge on any atom is -0.481 e. The third kappa shape index (κ3) is 8.65. The normalized spacial score (nSPS) is 10.3. The van der Waals surface area contributed by atoms with E-state index in [0.717, 1.165) is 51.4 Å². The molecular formula is C20H29NO5. The molecule has 26 heavy (non-hydrogen) atoms. The SMILES string of the molecule is COC(=O)c1ccccc1C(=O)NCCCCCCCCCCC(=O)O. The van der Waals surface area contributed by atoms with E-state index in [1.54, 1.807) is 24.3 Å². The van der Waals surface area contributed by atoms with E-state index in [-0.39, 0.29) is 17.9 Å². The maximum atomic E-state index is 12.2. The summed E-state index contributed by atoms with van der Waals surface area (Å²) in [5.74, 6) is -1.50. The number of amides is 1. The third-order valence-corrected chi connectivity index (χ3v) is 4.18. The molecule has 0 aromatic heterocycles. The Hall–Kier alpha value is -2.37. The first-order valence-electron chi connectivity index (χ1n) is 9.23. The molecule has 0 saturated heterocycles. The van der Waals surface area contributed by atoms with Gasteiger partial charge >= 0.3 is 11.9 Å². The van der Waals surface area contributed by atoms with Crippen LogP contribution in [0.3, 0.4) is 0 Å². The van der Waals surface area contributed by atoms with Gasteiger partial charge in [-0.25, -0.2) is 4.79 Å². The van der Waals surface area contributed by atoms with E-state index >= 15 is 0 Å². The van der Waals surface area contributed by atoms with Crippen LogP contribution in [0, 0.1) is 0 Å². The van der Waals surface area contributed by atoms with Gasteiger partial charge in [0.1, 0.15) is 0 Å². The summed E-state index contributed by atoms with van der Waals surface area (Å²) in [6.45, 7) is 0.576. The average Bonchev–Trinajstić information content (AvgIpc) is 2.65. The molecule has 0 saturated carbocycles. The van der Waals surface area contributed by atoms with Gasteiger partial charge in [0.15, 0.2) is 0 Å². The van der Waals surface area contributed by atoms with Crippen molar-refractivity contribution < 1.29 is 24.2 Å². The number of nitrogens with one attached hydrogen (secondary N) is 1. The molecule has 0 aliphatic carbocycles. The van der Waals surface area contributed by atoms with Crippen LogP contribution in [0.1, 0.15) is 78.5 Å². The molecule has 0 aliphatic heterocycles. The van der Waals surface area contributed by atoms with Crippen molar-refractivity contribution in [1.82, 2.24) is 5.32 Å². The highest BCUT2D eigenvalue weighted by molar-refractivity contribution is 6.05. The van der Waals surface area contributed by atoms with Crippen molar-refractivity contribution in [2.24, 2.45) is 0 Å². The van der Waals surface area contributed by atoms with E-state index in [4.69, 9.17) is 9.84 Å². The summed E-state index contributed by atoms with van der Waals surface area (Å²) in [5.41, 5.74) is 0.608. The van der Waals surface area contributed by atoms with E-state index in [2.05, 4.69) is 5.32 Å². The Morgan fingerprint density at radius 1 is 0.885 bits per heavy atom. The molecule has 0 heterocycles. The number of benzene rings is 1. The summed E-state index contributed by atoms with van der Waals surface area (Å²) in [4.78, 5) is 34.3. The molecule has 0 fully saturated rings. The van der Waals surface area contributed by atoms with Gasteiger partial charge in [-0.1, -0.05) is 50.7 Å². The fourth-order valence-corrected chi connectivity index (χ4v) is 2.73. The number of unbranched alkanes of at least 4 members (excludes halogenated alkanes) is 7. The van der Waals surface area contributed by atoms with E-state index in [1.165, 1.54) is 7.11 Å². The Bertz CT molecular complexity index is 585. The second kappa shape index (κ2) is 12.9. The van der Waals surface area contributed by atoms with Crippen molar-refractivity contribution in [3.05, 3.63) is 35.4 Å². The van der Waals surface area contributed by atoms with Crippen molar-refractivity contribution >= 4 is 17.8 Å². The maximum absolute atomic E-state index is 12.2. The summed E-state index contributed by atoms with van der Waals surface area (Å²) in [5, 5.41) is 11.4. The lowest BCUT2D eigenvalue weighted by atomic mass is 10.1. The molecule has 0 radical (unpaired) electrons. The smallest absolute Gasteiger partial charge is 0.338 e. The van der Waals surface area contributed by atoms with Crippen LogP contribution in [-0.4, -0.2) is 36.6 Å². The number of carboxylic acids is 1. The molecule has 1 rings (SSSR count). The van der Waals surface area contributed by atoms with Crippen molar-refractivity contribution in [3.63, 3.8) is 0 Å². The molecule has 6 heteroatoms. The van der Waals surface area contributed by atoms with Crippen LogP contribution in [0.2, 0.25) is 0 Å². The van der Waals surface area contributed by atoms with Crippen LogP contribution in [0.25, 0.3) is 0 Å². The van der Waals surface area contributed by atoms with Crippen LogP contribution >= 0.6 is 0 Å². The van der Waals surface area contributed by atoms with Gasteiger partial charge in [0.2, 0.25) is 0 Å². The van der Waals surface area contributed by atoms with Gasteiger partial charge in [0, 0.05) is 13.0 Å². The van der Waals surface area contributed by atoms with Gasteiger partial charge in [-0.3, -0.25) is 9.59 Å². The van der Waals surface area contributed by atoms with E-state index < -0.39 is 11.9 Å². The van der Waals surface area contributed by atoms with Crippen LogP contribution in [-0.2, 0) is 9.53 Å². The fourth-order valence-electron chi connectivity index (χ4n) is 2.73. The summed E-state index contributed by atoms with van der Waals surface area (Å²) in [6.07, 6.45) is 8.36. The molecule has 144 valence electrons. The van der Waals surface area contributed by atoms with Crippen molar-refractivity contribution in [3.8, 4) is 0 Å². The Morgan fingerprint density at radius 2 is 1.42 bits per heavy atom. The van der Waals surface area contributed by atoms with Gasteiger partial charge in [-0.2, -0.15) is 0 Å². The largest absolute Gasteiger partial charge is 0.481 e. The van der Waals surface area contributed by atoms with Gasteiger partial charge in [0.25, 0.3) is 5.91 Å². The summed E-state index contributed by atoms with van der Waals surface area (Å²) in [7, 11) is 1.29. The van der Waals surface area contributed by atoms with Crippen LogP contribution in [0.4, 0.5) is 0 Å². The Kier molecular flexibility index (Phi) is 10.8. The second-order valence-electron chi connectivity index (χ2n) is 6.27. The Labute approximate surface area is 154 Å². The number of carboxylic acid groups (broad SMARTS) is 1. The zero-order chi connectivity index (χ0) is 19.2. The minimum absolute atomic E-state index is 0.260. The lowest BCUT2D eigenvalue weighted by Gasteiger charge is -2.09. The number of carbonyl (C=O) groups excluding carboxylic acids is 2. The van der Waals surface area contributed by atoms with Crippen molar-refractivity contribution in [2.45, 2.75) is 57.8 Å². The predicted molar refractivity (Wildman–Crippen MR) is 99.3 cm³/mol. The topological polar surface area (TPSA) is 92.7 Å². The number of rotatable bonds is 13. The Morgan fingerprint density at radius 3 is 2.00 bits per heavy atom. The molecule has 0 aliphatic rings. The molecule has 6 nitrogen and oxygen atoms in total. The third-order valence-electron chi connectivity index (χ3n) is 4.18. The van der Waals surface area contributed by atoms with E-state index in [9.17, 15) is 14.4 Å².